The third kappa shape index (κ3) is 4.09. The van der Waals surface area contributed by atoms with Crippen molar-refractivity contribution in [3.05, 3.63) is 34.9 Å². The first-order valence-electron chi connectivity index (χ1n) is 8.07. The lowest BCUT2D eigenvalue weighted by atomic mass is 10.0. The molecule has 1 saturated heterocycles. The number of hydrogen-bond donors (Lipinski definition) is 0. The zero-order valence-electron chi connectivity index (χ0n) is 14.2. The highest BCUT2D eigenvalue weighted by atomic mass is 32.2. The highest BCUT2D eigenvalue weighted by molar-refractivity contribution is 7.89. The van der Waals surface area contributed by atoms with Crippen molar-refractivity contribution in [1.82, 2.24) is 9.21 Å². The Balaban J connectivity index is 1.92. The average Bonchev–Trinajstić information content (AvgIpc) is 2.50. The number of nitrogens with zero attached hydrogens (tertiary/aromatic N) is 2. The Labute approximate surface area is 135 Å². The SMILES string of the molecule is CCS(=O)(=O)N(C)C1CCN(Cc2ccc(C)cc2C)CC1. The van der Waals surface area contributed by atoms with Crippen LogP contribution < -0.4 is 0 Å². The molecule has 0 saturated carbocycles. The number of piperidine rings is 1. The van der Waals surface area contributed by atoms with Gasteiger partial charge in [-0.25, -0.2) is 12.7 Å². The molecule has 22 heavy (non-hydrogen) atoms. The molecule has 0 spiro atoms. The largest absolute Gasteiger partial charge is 0.299 e. The quantitative estimate of drug-likeness (QED) is 0.836. The second-order valence-electron chi connectivity index (χ2n) is 6.35. The Bertz CT molecular complexity index is 605. The van der Waals surface area contributed by atoms with Gasteiger partial charge in [0.1, 0.15) is 0 Å². The van der Waals surface area contributed by atoms with E-state index >= 15 is 0 Å². The van der Waals surface area contributed by atoms with E-state index in [0.29, 0.717) is 0 Å². The molecule has 0 atom stereocenters. The number of likely N-dealkylation sites (tertiary alicyclic amines) is 1. The van der Waals surface area contributed by atoms with Gasteiger partial charge < -0.3 is 0 Å². The minimum atomic E-state index is -3.07. The molecule has 0 aromatic heterocycles. The maximum Gasteiger partial charge on any atom is 0.213 e. The summed E-state index contributed by atoms with van der Waals surface area (Å²) in [6.07, 6.45) is 1.83. The van der Waals surface area contributed by atoms with Crippen LogP contribution in [-0.4, -0.2) is 49.6 Å². The average molecular weight is 324 g/mol. The van der Waals surface area contributed by atoms with Crippen molar-refractivity contribution in [2.45, 2.75) is 46.2 Å². The first-order valence-corrected chi connectivity index (χ1v) is 9.68. The van der Waals surface area contributed by atoms with Crippen molar-refractivity contribution in [3.63, 3.8) is 0 Å². The van der Waals surface area contributed by atoms with Gasteiger partial charge in [0.15, 0.2) is 0 Å². The molecule has 1 aliphatic rings. The fourth-order valence-electron chi connectivity index (χ4n) is 3.14. The van der Waals surface area contributed by atoms with Gasteiger partial charge in [-0.05, 0) is 44.7 Å². The highest BCUT2D eigenvalue weighted by Crippen LogP contribution is 2.21. The van der Waals surface area contributed by atoms with Crippen LogP contribution in [0.5, 0.6) is 0 Å². The van der Waals surface area contributed by atoms with Gasteiger partial charge in [-0.1, -0.05) is 23.8 Å². The summed E-state index contributed by atoms with van der Waals surface area (Å²) in [5.74, 6) is 0.187. The van der Waals surface area contributed by atoms with Crippen LogP contribution in [0.2, 0.25) is 0 Å². The van der Waals surface area contributed by atoms with Crippen molar-refractivity contribution in [2.24, 2.45) is 0 Å². The van der Waals surface area contributed by atoms with Crippen LogP contribution in [0.1, 0.15) is 36.5 Å². The van der Waals surface area contributed by atoms with Crippen LogP contribution >= 0.6 is 0 Å². The van der Waals surface area contributed by atoms with Crippen molar-refractivity contribution < 1.29 is 8.42 Å². The van der Waals surface area contributed by atoms with E-state index < -0.39 is 10.0 Å². The van der Waals surface area contributed by atoms with Gasteiger partial charge in [0.2, 0.25) is 10.0 Å². The lowest BCUT2D eigenvalue weighted by Crippen LogP contribution is -2.45. The van der Waals surface area contributed by atoms with Gasteiger partial charge in [-0.3, -0.25) is 4.90 Å². The number of rotatable bonds is 5. The van der Waals surface area contributed by atoms with Crippen molar-refractivity contribution in [1.29, 1.82) is 0 Å². The third-order valence-corrected chi connectivity index (χ3v) is 6.67. The van der Waals surface area contributed by atoms with Crippen LogP contribution in [0.15, 0.2) is 18.2 Å². The standard InChI is InChI=1S/C17H28N2O2S/c1-5-22(20,21)18(4)17-8-10-19(11-9-17)13-16-7-6-14(2)12-15(16)3/h6-7,12,17H,5,8-11,13H2,1-4H3. The third-order valence-electron chi connectivity index (χ3n) is 4.77. The highest BCUT2D eigenvalue weighted by Gasteiger charge is 2.28. The molecule has 1 aromatic carbocycles. The van der Waals surface area contributed by atoms with E-state index in [4.69, 9.17) is 0 Å². The molecule has 0 amide bonds. The monoisotopic (exact) mass is 324 g/mol. The molecule has 5 heteroatoms. The first kappa shape index (κ1) is 17.4. The molecular formula is C17H28N2O2S. The summed E-state index contributed by atoms with van der Waals surface area (Å²) >= 11 is 0. The molecule has 1 aromatic rings. The van der Waals surface area contributed by atoms with E-state index in [1.54, 1.807) is 18.3 Å². The van der Waals surface area contributed by atoms with E-state index in [0.717, 1.165) is 32.5 Å². The fraction of sp³-hybridized carbons (Fsp3) is 0.647. The molecular weight excluding hydrogens is 296 g/mol. The summed E-state index contributed by atoms with van der Waals surface area (Å²) in [7, 11) is -1.35. The minimum Gasteiger partial charge on any atom is -0.299 e. The molecule has 124 valence electrons. The second kappa shape index (κ2) is 7.11. The van der Waals surface area contributed by atoms with Gasteiger partial charge in [0.05, 0.1) is 5.75 Å². The smallest absolute Gasteiger partial charge is 0.213 e. The summed E-state index contributed by atoms with van der Waals surface area (Å²) < 4.78 is 25.5. The van der Waals surface area contributed by atoms with E-state index in [1.807, 2.05) is 0 Å². The lowest BCUT2D eigenvalue weighted by Gasteiger charge is -2.36. The topological polar surface area (TPSA) is 40.6 Å². The Morgan fingerprint density at radius 2 is 1.86 bits per heavy atom. The maximum absolute atomic E-state index is 12.0. The molecule has 0 unspecified atom stereocenters. The van der Waals surface area contributed by atoms with Crippen molar-refractivity contribution >= 4 is 10.0 Å². The molecule has 4 nitrogen and oxygen atoms in total. The zero-order valence-corrected chi connectivity index (χ0v) is 15.0. The van der Waals surface area contributed by atoms with Crippen LogP contribution in [0.25, 0.3) is 0 Å². The summed E-state index contributed by atoms with van der Waals surface area (Å²) in [4.78, 5) is 2.43. The number of benzene rings is 1. The summed E-state index contributed by atoms with van der Waals surface area (Å²) in [5.41, 5.74) is 4.01. The second-order valence-corrected chi connectivity index (χ2v) is 8.67. The Hall–Kier alpha value is -0.910. The Kier molecular flexibility index (Phi) is 5.64. The molecule has 0 bridgehead atoms. The van der Waals surface area contributed by atoms with Crippen LogP contribution in [0.4, 0.5) is 0 Å². The Morgan fingerprint density at radius 3 is 2.41 bits per heavy atom. The summed E-state index contributed by atoms with van der Waals surface area (Å²) in [6.45, 7) is 8.87. The maximum atomic E-state index is 12.0. The van der Waals surface area contributed by atoms with Gasteiger partial charge in [-0.15, -0.1) is 0 Å². The normalized spacial score (nSPS) is 18.0. The van der Waals surface area contributed by atoms with Gasteiger partial charge in [-0.2, -0.15) is 0 Å². The van der Waals surface area contributed by atoms with Crippen molar-refractivity contribution in [2.75, 3.05) is 25.9 Å². The number of aryl methyl sites for hydroxylation is 2. The molecule has 0 aliphatic carbocycles. The van der Waals surface area contributed by atoms with Crippen LogP contribution in [0, 0.1) is 13.8 Å². The molecule has 1 fully saturated rings. The fourth-order valence-corrected chi connectivity index (χ4v) is 4.21. The molecule has 1 aliphatic heterocycles. The Morgan fingerprint density at radius 1 is 1.23 bits per heavy atom. The zero-order chi connectivity index (χ0) is 16.3. The molecule has 0 N–H and O–H groups in total. The summed E-state index contributed by atoms with van der Waals surface area (Å²) in [6, 6.07) is 6.76. The van der Waals surface area contributed by atoms with Gasteiger partial charge in [0.25, 0.3) is 0 Å². The predicted molar refractivity (Wildman–Crippen MR) is 91.4 cm³/mol. The molecule has 2 rings (SSSR count). The number of sulfonamides is 1. The lowest BCUT2D eigenvalue weighted by molar-refractivity contribution is 0.163. The van der Waals surface area contributed by atoms with Gasteiger partial charge >= 0.3 is 0 Å². The number of hydrogen-bond acceptors (Lipinski definition) is 3. The first-order chi connectivity index (χ1) is 10.3. The van der Waals surface area contributed by atoms with Crippen molar-refractivity contribution in [3.8, 4) is 0 Å². The summed E-state index contributed by atoms with van der Waals surface area (Å²) in [5, 5.41) is 0. The molecule has 1 heterocycles. The molecule has 0 radical (unpaired) electrons. The van der Waals surface area contributed by atoms with E-state index in [9.17, 15) is 8.42 Å². The van der Waals surface area contributed by atoms with E-state index in [1.165, 1.54) is 16.7 Å². The predicted octanol–water partition coefficient (Wildman–Crippen LogP) is 2.55. The van der Waals surface area contributed by atoms with E-state index in [-0.39, 0.29) is 11.8 Å². The van der Waals surface area contributed by atoms with Gasteiger partial charge in [0, 0.05) is 32.7 Å². The van der Waals surface area contributed by atoms with Crippen LogP contribution in [-0.2, 0) is 16.6 Å². The minimum absolute atomic E-state index is 0.153. The van der Waals surface area contributed by atoms with E-state index in [2.05, 4.69) is 36.9 Å². The van der Waals surface area contributed by atoms with Crippen LogP contribution in [0.3, 0.4) is 0 Å².